The molecule has 1 aliphatic carbocycles. The molecule has 1 aromatic heterocycles. The second-order valence-electron chi connectivity index (χ2n) is 4.39. The second-order valence-corrected chi connectivity index (χ2v) is 5.33. The Kier molecular flexibility index (Phi) is 3.35. The van der Waals surface area contributed by atoms with E-state index in [2.05, 4.69) is 9.97 Å². The molecule has 1 fully saturated rings. The Morgan fingerprint density at radius 1 is 1.71 bits per heavy atom. The zero-order valence-corrected chi connectivity index (χ0v) is 10.4. The van der Waals surface area contributed by atoms with E-state index in [0.29, 0.717) is 10.9 Å². The van der Waals surface area contributed by atoms with E-state index in [0.717, 1.165) is 18.5 Å². The molecule has 0 aromatic carbocycles. The van der Waals surface area contributed by atoms with Crippen molar-refractivity contribution in [1.29, 1.82) is 0 Å². The first kappa shape index (κ1) is 12.3. The van der Waals surface area contributed by atoms with Crippen LogP contribution in [-0.2, 0) is 4.79 Å². The van der Waals surface area contributed by atoms with Gasteiger partial charge in [0.25, 0.3) is 0 Å². The predicted octanol–water partition coefficient (Wildman–Crippen LogP) is 1.07. The summed E-state index contributed by atoms with van der Waals surface area (Å²) < 4.78 is 0. The Labute approximate surface area is 104 Å². The smallest absolute Gasteiger partial charge is 0.324 e. The topological polar surface area (TPSA) is 89.1 Å². The molecule has 6 heteroatoms. The maximum absolute atomic E-state index is 11.2. The van der Waals surface area contributed by atoms with E-state index in [4.69, 9.17) is 5.73 Å². The number of carbonyl (C=O) groups is 1. The molecule has 1 atom stereocenters. The molecule has 1 aromatic rings. The lowest BCUT2D eigenvalue weighted by molar-refractivity contribution is -0.143. The molecule has 17 heavy (non-hydrogen) atoms. The highest BCUT2D eigenvalue weighted by atomic mass is 32.2. The molecule has 0 saturated heterocycles. The summed E-state index contributed by atoms with van der Waals surface area (Å²) in [4.78, 5) is 19.5. The minimum absolute atomic E-state index is 0.0947. The summed E-state index contributed by atoms with van der Waals surface area (Å²) in [6.07, 6.45) is 3.47. The van der Waals surface area contributed by atoms with Crippen molar-refractivity contribution in [2.75, 3.05) is 5.75 Å². The van der Waals surface area contributed by atoms with E-state index >= 15 is 0 Å². The number of rotatable bonds is 5. The van der Waals surface area contributed by atoms with Crippen LogP contribution in [0.5, 0.6) is 0 Å². The number of hydrogen-bond donors (Lipinski definition) is 2. The normalized spacial score (nSPS) is 18.7. The molecule has 1 aliphatic rings. The van der Waals surface area contributed by atoms with Crippen LogP contribution in [0.2, 0.25) is 0 Å². The van der Waals surface area contributed by atoms with Crippen molar-refractivity contribution in [2.45, 2.75) is 30.5 Å². The minimum Gasteiger partial charge on any atom is -0.480 e. The monoisotopic (exact) mass is 253 g/mol. The first-order valence-electron chi connectivity index (χ1n) is 5.47. The third-order valence-corrected chi connectivity index (χ3v) is 3.99. The highest BCUT2D eigenvalue weighted by Crippen LogP contribution is 2.40. The van der Waals surface area contributed by atoms with Crippen molar-refractivity contribution in [3.8, 4) is 0 Å². The molecule has 0 spiro atoms. The Bertz CT molecular complexity index is 436. The average molecular weight is 253 g/mol. The SMILES string of the molecule is Cc1ccnc(SCC(N)(C(=O)O)C2CC2)n1. The molecule has 3 N–H and O–H groups in total. The third kappa shape index (κ3) is 2.76. The first-order chi connectivity index (χ1) is 8.02. The van der Waals surface area contributed by atoms with Crippen LogP contribution in [0.15, 0.2) is 17.4 Å². The van der Waals surface area contributed by atoms with Gasteiger partial charge in [0.1, 0.15) is 5.54 Å². The maximum atomic E-state index is 11.2. The number of aliphatic carboxylic acids is 1. The lowest BCUT2D eigenvalue weighted by Crippen LogP contribution is -2.52. The molecule has 1 heterocycles. The molecular weight excluding hydrogens is 238 g/mol. The van der Waals surface area contributed by atoms with Crippen molar-refractivity contribution < 1.29 is 9.90 Å². The summed E-state index contributed by atoms with van der Waals surface area (Å²) >= 11 is 1.31. The van der Waals surface area contributed by atoms with Crippen molar-refractivity contribution in [3.05, 3.63) is 18.0 Å². The summed E-state index contributed by atoms with van der Waals surface area (Å²) in [7, 11) is 0. The van der Waals surface area contributed by atoms with Crippen molar-refractivity contribution in [1.82, 2.24) is 9.97 Å². The van der Waals surface area contributed by atoms with E-state index < -0.39 is 11.5 Å². The summed E-state index contributed by atoms with van der Waals surface area (Å²) in [5.41, 5.74) is 5.68. The van der Waals surface area contributed by atoms with Crippen LogP contribution in [0, 0.1) is 12.8 Å². The number of aromatic nitrogens is 2. The highest BCUT2D eigenvalue weighted by Gasteiger charge is 2.48. The summed E-state index contributed by atoms with van der Waals surface area (Å²) in [6, 6.07) is 1.80. The van der Waals surface area contributed by atoms with Gasteiger partial charge in [-0.2, -0.15) is 0 Å². The van der Waals surface area contributed by atoms with Crippen molar-refractivity contribution >= 4 is 17.7 Å². The number of nitrogens with zero attached hydrogens (tertiary/aromatic N) is 2. The average Bonchev–Trinajstić information content (AvgIpc) is 3.09. The van der Waals surface area contributed by atoms with Gasteiger partial charge in [-0.15, -0.1) is 0 Å². The minimum atomic E-state index is -1.14. The van der Waals surface area contributed by atoms with E-state index in [1.54, 1.807) is 12.3 Å². The summed E-state index contributed by atoms with van der Waals surface area (Å²) in [6.45, 7) is 1.87. The third-order valence-electron chi connectivity index (χ3n) is 2.92. The first-order valence-corrected chi connectivity index (χ1v) is 6.45. The van der Waals surface area contributed by atoms with Gasteiger partial charge in [0.15, 0.2) is 5.16 Å². The highest BCUT2D eigenvalue weighted by molar-refractivity contribution is 7.99. The zero-order valence-electron chi connectivity index (χ0n) is 9.59. The predicted molar refractivity (Wildman–Crippen MR) is 64.8 cm³/mol. The van der Waals surface area contributed by atoms with Gasteiger partial charge in [-0.1, -0.05) is 11.8 Å². The number of carboxylic acids is 1. The number of thioether (sulfide) groups is 1. The van der Waals surface area contributed by atoms with Crippen LogP contribution >= 0.6 is 11.8 Å². The van der Waals surface area contributed by atoms with Gasteiger partial charge in [0.2, 0.25) is 0 Å². The zero-order chi connectivity index (χ0) is 12.5. The van der Waals surface area contributed by atoms with Crippen molar-refractivity contribution in [3.63, 3.8) is 0 Å². The van der Waals surface area contributed by atoms with Gasteiger partial charge in [0.05, 0.1) is 0 Å². The Morgan fingerprint density at radius 2 is 2.41 bits per heavy atom. The lowest BCUT2D eigenvalue weighted by Gasteiger charge is -2.23. The lowest BCUT2D eigenvalue weighted by atomic mass is 9.98. The van der Waals surface area contributed by atoms with Gasteiger partial charge < -0.3 is 10.8 Å². The fraction of sp³-hybridized carbons (Fsp3) is 0.545. The molecule has 1 unspecified atom stereocenters. The van der Waals surface area contributed by atoms with Gasteiger partial charge >= 0.3 is 5.97 Å². The number of carboxylic acid groups (broad SMARTS) is 1. The van der Waals surface area contributed by atoms with Gasteiger partial charge in [-0.05, 0) is 31.7 Å². The number of aryl methyl sites for hydroxylation is 1. The molecule has 5 nitrogen and oxygen atoms in total. The van der Waals surface area contributed by atoms with Gasteiger partial charge in [-0.3, -0.25) is 4.79 Å². The molecule has 0 amide bonds. The van der Waals surface area contributed by atoms with E-state index in [1.165, 1.54) is 11.8 Å². The molecule has 92 valence electrons. The van der Waals surface area contributed by atoms with Crippen LogP contribution < -0.4 is 5.73 Å². The van der Waals surface area contributed by atoms with Crippen LogP contribution in [-0.4, -0.2) is 32.3 Å². The maximum Gasteiger partial charge on any atom is 0.324 e. The summed E-state index contributed by atoms with van der Waals surface area (Å²) in [5, 5.41) is 9.78. The quantitative estimate of drug-likeness (QED) is 0.602. The van der Waals surface area contributed by atoms with E-state index in [9.17, 15) is 9.90 Å². The van der Waals surface area contributed by atoms with Crippen LogP contribution in [0.4, 0.5) is 0 Å². The molecule has 2 rings (SSSR count). The van der Waals surface area contributed by atoms with Gasteiger partial charge in [0, 0.05) is 17.6 Å². The fourth-order valence-corrected chi connectivity index (χ4v) is 2.70. The van der Waals surface area contributed by atoms with Gasteiger partial charge in [-0.25, -0.2) is 9.97 Å². The second kappa shape index (κ2) is 4.62. The molecule has 1 saturated carbocycles. The summed E-state index contributed by atoms with van der Waals surface area (Å²) in [5.74, 6) is -0.520. The molecule has 0 bridgehead atoms. The molecular formula is C11H15N3O2S. The van der Waals surface area contributed by atoms with Crippen LogP contribution in [0.1, 0.15) is 18.5 Å². The largest absolute Gasteiger partial charge is 0.480 e. The Morgan fingerprint density at radius 3 is 2.94 bits per heavy atom. The van der Waals surface area contributed by atoms with E-state index in [1.807, 2.05) is 6.92 Å². The number of hydrogen-bond acceptors (Lipinski definition) is 5. The van der Waals surface area contributed by atoms with Crippen LogP contribution in [0.25, 0.3) is 0 Å². The van der Waals surface area contributed by atoms with E-state index in [-0.39, 0.29) is 5.92 Å². The fourth-order valence-electron chi connectivity index (χ4n) is 1.63. The Hall–Kier alpha value is -1.14. The van der Waals surface area contributed by atoms with Crippen molar-refractivity contribution in [2.24, 2.45) is 11.7 Å². The van der Waals surface area contributed by atoms with Crippen LogP contribution in [0.3, 0.4) is 0 Å². The molecule has 0 radical (unpaired) electrons. The molecule has 0 aliphatic heterocycles. The standard InChI is InChI=1S/C11H15N3O2S/c1-7-4-5-13-10(14-7)17-6-11(12,9(15)16)8-2-3-8/h4-5,8H,2-3,6,12H2,1H3,(H,15,16). The Balaban J connectivity index is 2.03. The number of nitrogens with two attached hydrogens (primary N) is 1.